The molecule has 32 heavy (non-hydrogen) atoms. The van der Waals surface area contributed by atoms with Gasteiger partial charge in [-0.1, -0.05) is 0 Å². The Kier molecular flexibility index (Phi) is 5.47. The van der Waals surface area contributed by atoms with E-state index in [9.17, 15) is 4.79 Å². The first-order valence-corrected chi connectivity index (χ1v) is 10.6. The van der Waals surface area contributed by atoms with Crippen molar-refractivity contribution >= 4 is 28.2 Å². The molecule has 0 bridgehead atoms. The quantitative estimate of drug-likeness (QED) is 0.448. The second kappa shape index (κ2) is 8.72. The van der Waals surface area contributed by atoms with Crippen LogP contribution in [0, 0.1) is 0 Å². The Labute approximate surface area is 185 Å². The number of nitrogens with zero attached hydrogens (tertiary/aromatic N) is 5. The summed E-state index contributed by atoms with van der Waals surface area (Å²) in [5.74, 6) is 0.224. The van der Waals surface area contributed by atoms with Crippen molar-refractivity contribution in [1.29, 1.82) is 0 Å². The van der Waals surface area contributed by atoms with Gasteiger partial charge in [0.1, 0.15) is 5.82 Å². The molecule has 9 nitrogen and oxygen atoms in total. The molecule has 1 amide bonds. The number of aromatic nitrogens is 5. The largest absolute Gasteiger partial charge is 0.381 e. The summed E-state index contributed by atoms with van der Waals surface area (Å²) in [6.07, 6.45) is 12.6. The van der Waals surface area contributed by atoms with Gasteiger partial charge >= 0.3 is 0 Å². The van der Waals surface area contributed by atoms with Gasteiger partial charge in [-0.2, -0.15) is 5.10 Å². The first-order chi connectivity index (χ1) is 15.6. The van der Waals surface area contributed by atoms with Crippen LogP contribution in [0.25, 0.3) is 22.0 Å². The Morgan fingerprint density at radius 3 is 2.69 bits per heavy atom. The summed E-state index contributed by atoms with van der Waals surface area (Å²) < 4.78 is 1.74. The van der Waals surface area contributed by atoms with E-state index in [4.69, 9.17) is 0 Å². The number of fused-ring (bicyclic) bond motifs is 1. The van der Waals surface area contributed by atoms with Crippen molar-refractivity contribution in [2.75, 3.05) is 23.7 Å². The van der Waals surface area contributed by atoms with Crippen LogP contribution in [0.1, 0.15) is 23.2 Å². The maximum absolute atomic E-state index is 12.8. The summed E-state index contributed by atoms with van der Waals surface area (Å²) in [6, 6.07) is 6.03. The van der Waals surface area contributed by atoms with Crippen LogP contribution in [0.2, 0.25) is 0 Å². The number of hydrogen-bond donors (Lipinski definition) is 3. The van der Waals surface area contributed by atoms with E-state index >= 15 is 0 Å². The van der Waals surface area contributed by atoms with Gasteiger partial charge in [0.05, 0.1) is 23.1 Å². The fourth-order valence-electron chi connectivity index (χ4n) is 3.85. The predicted molar refractivity (Wildman–Crippen MR) is 123 cm³/mol. The average molecular weight is 429 g/mol. The van der Waals surface area contributed by atoms with E-state index in [-0.39, 0.29) is 5.91 Å². The first kappa shape index (κ1) is 20.1. The van der Waals surface area contributed by atoms with E-state index in [1.165, 1.54) is 0 Å². The van der Waals surface area contributed by atoms with Crippen molar-refractivity contribution in [3.05, 3.63) is 60.9 Å². The molecule has 3 N–H and O–H groups in total. The normalized spacial score (nSPS) is 14.4. The maximum atomic E-state index is 12.8. The zero-order valence-corrected chi connectivity index (χ0v) is 17.7. The lowest BCUT2D eigenvalue weighted by Crippen LogP contribution is -2.35. The fourth-order valence-corrected chi connectivity index (χ4v) is 3.85. The van der Waals surface area contributed by atoms with Gasteiger partial charge in [-0.15, -0.1) is 0 Å². The molecule has 0 saturated carbocycles. The number of anilines is 2. The van der Waals surface area contributed by atoms with Gasteiger partial charge in [0.15, 0.2) is 0 Å². The average Bonchev–Trinajstić information content (AvgIpc) is 3.26. The van der Waals surface area contributed by atoms with Crippen LogP contribution < -0.4 is 16.0 Å². The smallest absolute Gasteiger partial charge is 0.258 e. The predicted octanol–water partition coefficient (Wildman–Crippen LogP) is 2.84. The Hall–Kier alpha value is -3.85. The van der Waals surface area contributed by atoms with Gasteiger partial charge in [0, 0.05) is 55.0 Å². The number of amides is 1. The molecule has 0 unspecified atom stereocenters. The second-order valence-electron chi connectivity index (χ2n) is 7.97. The Bertz CT molecular complexity index is 1260. The van der Waals surface area contributed by atoms with Gasteiger partial charge in [-0.3, -0.25) is 19.4 Å². The van der Waals surface area contributed by atoms with Gasteiger partial charge < -0.3 is 16.0 Å². The molecular weight excluding hydrogens is 404 g/mol. The van der Waals surface area contributed by atoms with E-state index in [1.807, 2.05) is 31.4 Å². The summed E-state index contributed by atoms with van der Waals surface area (Å²) in [6.45, 7) is 1.99. The highest BCUT2D eigenvalue weighted by molar-refractivity contribution is 6.04. The third-order valence-electron chi connectivity index (χ3n) is 5.56. The Morgan fingerprint density at radius 1 is 1.03 bits per heavy atom. The number of aryl methyl sites for hydroxylation is 1. The molecule has 0 aliphatic carbocycles. The number of pyridine rings is 3. The van der Waals surface area contributed by atoms with Crippen LogP contribution in [-0.4, -0.2) is 49.8 Å². The van der Waals surface area contributed by atoms with Crippen LogP contribution in [0.5, 0.6) is 0 Å². The van der Waals surface area contributed by atoms with Crippen molar-refractivity contribution in [3.63, 3.8) is 0 Å². The molecule has 5 heterocycles. The van der Waals surface area contributed by atoms with E-state index < -0.39 is 0 Å². The van der Waals surface area contributed by atoms with Crippen molar-refractivity contribution < 1.29 is 4.79 Å². The molecule has 0 spiro atoms. The molecule has 1 aliphatic rings. The highest BCUT2D eigenvalue weighted by Crippen LogP contribution is 2.23. The van der Waals surface area contributed by atoms with Gasteiger partial charge in [0.2, 0.25) is 0 Å². The van der Waals surface area contributed by atoms with Gasteiger partial charge in [0.25, 0.3) is 5.91 Å². The highest BCUT2D eigenvalue weighted by atomic mass is 16.1. The van der Waals surface area contributed by atoms with Crippen LogP contribution in [0.4, 0.5) is 11.5 Å². The standard InChI is InChI=1S/C23H24N8O/c1-31-14-18(12-28-31)21-7-15-8-22(27-11-17(15)10-26-21)30-23(32)16-6-20(13-25-9-16)29-19-2-4-24-5-3-19/h6-14,19,24,29H,2-5H2,1H3,(H,27,30,32). The number of hydrogen-bond acceptors (Lipinski definition) is 7. The van der Waals surface area contributed by atoms with Crippen LogP contribution in [-0.2, 0) is 7.05 Å². The molecule has 162 valence electrons. The summed E-state index contributed by atoms with van der Waals surface area (Å²) in [5.41, 5.74) is 3.08. The molecule has 1 fully saturated rings. The van der Waals surface area contributed by atoms with E-state index in [0.29, 0.717) is 17.4 Å². The molecule has 0 radical (unpaired) electrons. The summed E-state index contributed by atoms with van der Waals surface area (Å²) in [7, 11) is 1.87. The number of nitrogens with one attached hydrogen (secondary N) is 3. The third-order valence-corrected chi connectivity index (χ3v) is 5.56. The molecule has 0 atom stereocenters. The molecular formula is C23H24N8O. The molecule has 4 aromatic rings. The van der Waals surface area contributed by atoms with Gasteiger partial charge in [-0.25, -0.2) is 4.98 Å². The Balaban J connectivity index is 1.33. The highest BCUT2D eigenvalue weighted by Gasteiger charge is 2.14. The molecule has 4 aromatic heterocycles. The number of carbonyl (C=O) groups excluding carboxylic acids is 1. The summed E-state index contributed by atoms with van der Waals surface area (Å²) in [5, 5.41) is 15.7. The first-order valence-electron chi connectivity index (χ1n) is 10.6. The van der Waals surface area contributed by atoms with Crippen molar-refractivity contribution in [1.82, 2.24) is 30.0 Å². The number of piperidine rings is 1. The lowest BCUT2D eigenvalue weighted by atomic mass is 10.1. The van der Waals surface area contributed by atoms with Gasteiger partial charge in [-0.05, 0) is 49.5 Å². The zero-order chi connectivity index (χ0) is 21.9. The minimum atomic E-state index is -0.250. The van der Waals surface area contributed by atoms with Crippen molar-refractivity contribution in [2.45, 2.75) is 18.9 Å². The summed E-state index contributed by atoms with van der Waals surface area (Å²) in [4.78, 5) is 25.9. The SMILES string of the molecule is Cn1cc(-c2cc3cc(NC(=O)c4cncc(NC5CCNCC5)c4)ncc3cn2)cn1. The zero-order valence-electron chi connectivity index (χ0n) is 17.7. The van der Waals surface area contributed by atoms with E-state index in [2.05, 4.69) is 36.0 Å². The lowest BCUT2D eigenvalue weighted by Gasteiger charge is -2.24. The minimum absolute atomic E-state index is 0.250. The van der Waals surface area contributed by atoms with Crippen LogP contribution in [0.3, 0.4) is 0 Å². The van der Waals surface area contributed by atoms with Crippen LogP contribution in [0.15, 0.2) is 55.4 Å². The minimum Gasteiger partial charge on any atom is -0.381 e. The number of carbonyl (C=O) groups is 1. The molecule has 9 heteroatoms. The van der Waals surface area contributed by atoms with Crippen molar-refractivity contribution in [3.8, 4) is 11.3 Å². The van der Waals surface area contributed by atoms with E-state index in [1.54, 1.807) is 35.7 Å². The molecule has 5 rings (SSSR count). The van der Waals surface area contributed by atoms with Crippen molar-refractivity contribution in [2.24, 2.45) is 7.05 Å². The molecule has 1 saturated heterocycles. The Morgan fingerprint density at radius 2 is 1.88 bits per heavy atom. The third kappa shape index (κ3) is 4.42. The molecule has 0 aromatic carbocycles. The van der Waals surface area contributed by atoms with Crippen LogP contribution >= 0.6 is 0 Å². The molecule has 1 aliphatic heterocycles. The summed E-state index contributed by atoms with van der Waals surface area (Å²) >= 11 is 0. The maximum Gasteiger partial charge on any atom is 0.258 e. The topological polar surface area (TPSA) is 110 Å². The fraction of sp³-hybridized carbons (Fsp3) is 0.261. The number of rotatable bonds is 5. The second-order valence-corrected chi connectivity index (χ2v) is 7.97. The lowest BCUT2D eigenvalue weighted by molar-refractivity contribution is 0.102. The monoisotopic (exact) mass is 428 g/mol. The van der Waals surface area contributed by atoms with E-state index in [0.717, 1.165) is 53.6 Å².